The van der Waals surface area contributed by atoms with Gasteiger partial charge in [0.1, 0.15) is 11.6 Å². The monoisotopic (exact) mass is 296 g/mol. The second kappa shape index (κ2) is 5.47. The van der Waals surface area contributed by atoms with E-state index in [1.807, 2.05) is 6.07 Å². The molecule has 3 rings (SSSR count). The van der Waals surface area contributed by atoms with Crippen LogP contribution in [0.3, 0.4) is 0 Å². The van der Waals surface area contributed by atoms with Crippen LogP contribution in [0.4, 0.5) is 10.2 Å². The molecule has 0 saturated heterocycles. The number of nitrogens with zero attached hydrogens (tertiary/aromatic N) is 2. The lowest BCUT2D eigenvalue weighted by Gasteiger charge is -2.25. The highest BCUT2D eigenvalue weighted by Crippen LogP contribution is 2.35. The molecular weight excluding hydrogens is 283 g/mol. The fraction of sp³-hybridized carbons (Fsp3) is 0.357. The van der Waals surface area contributed by atoms with Crippen LogP contribution in [0.15, 0.2) is 29.8 Å². The molecule has 0 bridgehead atoms. The Balaban J connectivity index is 1.91. The van der Waals surface area contributed by atoms with Crippen LogP contribution in [0.2, 0.25) is 0 Å². The van der Waals surface area contributed by atoms with E-state index >= 15 is 0 Å². The van der Waals surface area contributed by atoms with Crippen LogP contribution in [0, 0.1) is 5.82 Å². The number of hydrogen-bond donors (Lipinski definition) is 0. The van der Waals surface area contributed by atoms with Crippen molar-refractivity contribution >= 4 is 28.8 Å². The van der Waals surface area contributed by atoms with Crippen molar-refractivity contribution in [3.8, 4) is 0 Å². The van der Waals surface area contributed by atoms with Gasteiger partial charge >= 0.3 is 0 Å². The van der Waals surface area contributed by atoms with Crippen LogP contribution in [0.5, 0.6) is 0 Å². The van der Waals surface area contributed by atoms with Gasteiger partial charge in [-0.05, 0) is 30.4 Å². The van der Waals surface area contributed by atoms with Gasteiger partial charge in [0.2, 0.25) is 0 Å². The average molecular weight is 297 g/mol. The molecule has 0 spiro atoms. The second-order valence-corrected chi connectivity index (χ2v) is 6.01. The minimum atomic E-state index is -0.328. The van der Waals surface area contributed by atoms with E-state index in [2.05, 4.69) is 21.3 Å². The first kappa shape index (κ1) is 12.9. The molecule has 1 saturated carbocycles. The Kier molecular flexibility index (Phi) is 3.71. The van der Waals surface area contributed by atoms with Gasteiger partial charge in [-0.25, -0.2) is 9.37 Å². The lowest BCUT2D eigenvalue weighted by atomic mass is 10.2. The van der Waals surface area contributed by atoms with Crippen LogP contribution in [0.1, 0.15) is 23.3 Å². The Morgan fingerprint density at radius 3 is 2.95 bits per heavy atom. The summed E-state index contributed by atoms with van der Waals surface area (Å²) < 4.78 is 13.3. The van der Waals surface area contributed by atoms with Crippen molar-refractivity contribution in [1.82, 2.24) is 4.98 Å². The third-order valence-electron chi connectivity index (χ3n) is 3.22. The van der Waals surface area contributed by atoms with Crippen molar-refractivity contribution in [3.05, 3.63) is 46.0 Å². The number of halogens is 2. The molecule has 0 radical (unpaired) electrons. The van der Waals surface area contributed by atoms with Gasteiger partial charge in [-0.3, -0.25) is 0 Å². The van der Waals surface area contributed by atoms with Crippen LogP contribution >= 0.6 is 22.9 Å². The predicted molar refractivity (Wildman–Crippen MR) is 77.3 cm³/mol. The summed E-state index contributed by atoms with van der Waals surface area (Å²) in [5.41, 5.74) is 0.769. The molecule has 0 atom stereocenters. The molecule has 1 aliphatic carbocycles. The molecule has 19 heavy (non-hydrogen) atoms. The molecule has 1 aliphatic rings. The van der Waals surface area contributed by atoms with Crippen molar-refractivity contribution in [2.24, 2.45) is 0 Å². The maximum Gasteiger partial charge on any atom is 0.141 e. The van der Waals surface area contributed by atoms with Crippen molar-refractivity contribution in [3.63, 3.8) is 0 Å². The Morgan fingerprint density at radius 2 is 2.32 bits per heavy atom. The summed E-state index contributed by atoms with van der Waals surface area (Å²) in [6.07, 6.45) is 3.62. The number of thiophene rings is 1. The zero-order valence-electron chi connectivity index (χ0n) is 10.4. The van der Waals surface area contributed by atoms with Crippen LogP contribution in [0.25, 0.3) is 0 Å². The van der Waals surface area contributed by atoms with Gasteiger partial charge in [0.15, 0.2) is 0 Å². The molecule has 0 aliphatic heterocycles. The molecule has 0 unspecified atom stereocenters. The number of pyridine rings is 1. The zero-order chi connectivity index (χ0) is 13.2. The molecule has 0 aromatic carbocycles. The van der Waals surface area contributed by atoms with Crippen molar-refractivity contribution < 1.29 is 4.39 Å². The number of rotatable bonds is 5. The van der Waals surface area contributed by atoms with Crippen LogP contribution in [-0.4, -0.2) is 11.0 Å². The minimum absolute atomic E-state index is 0.285. The molecule has 0 amide bonds. The predicted octanol–water partition coefficient (Wildman–Crippen LogP) is 4.19. The highest BCUT2D eigenvalue weighted by molar-refractivity contribution is 7.09. The van der Waals surface area contributed by atoms with E-state index in [4.69, 9.17) is 11.6 Å². The highest BCUT2D eigenvalue weighted by Gasteiger charge is 2.31. The van der Waals surface area contributed by atoms with E-state index in [0.717, 1.165) is 17.9 Å². The quantitative estimate of drug-likeness (QED) is 0.769. The van der Waals surface area contributed by atoms with Gasteiger partial charge in [-0.1, -0.05) is 6.07 Å². The number of alkyl halides is 1. The van der Waals surface area contributed by atoms with Gasteiger partial charge < -0.3 is 4.90 Å². The number of aromatic nitrogens is 1. The number of hydrogen-bond acceptors (Lipinski definition) is 3. The molecule has 1 fully saturated rings. The van der Waals surface area contributed by atoms with Crippen molar-refractivity contribution in [2.75, 3.05) is 4.90 Å². The Bertz CT molecular complexity index is 555. The van der Waals surface area contributed by atoms with E-state index in [1.54, 1.807) is 11.3 Å². The normalized spacial score (nSPS) is 14.6. The van der Waals surface area contributed by atoms with E-state index < -0.39 is 0 Å². The maximum absolute atomic E-state index is 13.3. The Morgan fingerprint density at radius 1 is 1.47 bits per heavy atom. The molecule has 5 heteroatoms. The SMILES string of the molecule is Fc1cnc(N(Cc2cccs2)C2CC2)c(CCl)c1. The summed E-state index contributed by atoms with van der Waals surface area (Å²) in [5.74, 6) is 0.784. The smallest absolute Gasteiger partial charge is 0.141 e. The molecule has 2 heterocycles. The van der Waals surface area contributed by atoms with Gasteiger partial charge in [0.25, 0.3) is 0 Å². The van der Waals surface area contributed by atoms with Gasteiger partial charge in [-0.2, -0.15) is 0 Å². The first-order valence-corrected chi connectivity index (χ1v) is 7.69. The lowest BCUT2D eigenvalue weighted by molar-refractivity contribution is 0.617. The van der Waals surface area contributed by atoms with Crippen LogP contribution in [-0.2, 0) is 12.4 Å². The van der Waals surface area contributed by atoms with Crippen molar-refractivity contribution in [2.45, 2.75) is 31.3 Å². The largest absolute Gasteiger partial charge is 0.348 e. The standard InChI is InChI=1S/C14H14ClFN2S/c15-7-10-6-11(16)8-17-14(10)18(12-3-4-12)9-13-2-1-5-19-13/h1-2,5-6,8,12H,3-4,7,9H2. The third-order valence-corrected chi connectivity index (χ3v) is 4.37. The summed E-state index contributed by atoms with van der Waals surface area (Å²) in [5, 5.41) is 2.07. The van der Waals surface area contributed by atoms with E-state index in [-0.39, 0.29) is 11.7 Å². The van der Waals surface area contributed by atoms with E-state index in [9.17, 15) is 4.39 Å². The first-order valence-electron chi connectivity index (χ1n) is 6.27. The molecular formula is C14H14ClFN2S. The molecule has 2 aromatic heterocycles. The summed E-state index contributed by atoms with van der Waals surface area (Å²) in [6.45, 7) is 0.824. The van der Waals surface area contributed by atoms with Crippen LogP contribution < -0.4 is 4.90 Å². The molecule has 2 aromatic rings. The second-order valence-electron chi connectivity index (χ2n) is 4.71. The van der Waals surface area contributed by atoms with E-state index in [0.29, 0.717) is 6.04 Å². The average Bonchev–Trinajstić information content (AvgIpc) is 3.13. The topological polar surface area (TPSA) is 16.1 Å². The lowest BCUT2D eigenvalue weighted by Crippen LogP contribution is -2.26. The number of anilines is 1. The van der Waals surface area contributed by atoms with Gasteiger partial charge in [0.05, 0.1) is 18.6 Å². The summed E-state index contributed by atoms with van der Waals surface area (Å²) in [7, 11) is 0. The summed E-state index contributed by atoms with van der Waals surface area (Å²) >= 11 is 7.66. The summed E-state index contributed by atoms with van der Waals surface area (Å²) in [6, 6.07) is 6.16. The van der Waals surface area contributed by atoms with Gasteiger partial charge in [-0.15, -0.1) is 22.9 Å². The first-order chi connectivity index (χ1) is 9.28. The minimum Gasteiger partial charge on any atom is -0.348 e. The highest BCUT2D eigenvalue weighted by atomic mass is 35.5. The van der Waals surface area contributed by atoms with Gasteiger partial charge in [0, 0.05) is 16.5 Å². The Hall–Kier alpha value is -1.13. The fourth-order valence-electron chi connectivity index (χ4n) is 2.16. The maximum atomic E-state index is 13.3. The fourth-order valence-corrected chi connectivity index (χ4v) is 3.06. The van der Waals surface area contributed by atoms with E-state index in [1.165, 1.54) is 30.0 Å². The van der Waals surface area contributed by atoms with Crippen molar-refractivity contribution in [1.29, 1.82) is 0 Å². The third kappa shape index (κ3) is 2.90. The Labute approximate surface area is 120 Å². The zero-order valence-corrected chi connectivity index (χ0v) is 11.9. The molecule has 2 nitrogen and oxygen atoms in total. The summed E-state index contributed by atoms with van der Waals surface area (Å²) in [4.78, 5) is 7.81. The molecule has 100 valence electrons. The molecule has 0 N–H and O–H groups in total.